The van der Waals surface area contributed by atoms with Crippen LogP contribution in [-0.4, -0.2) is 23.8 Å². The highest BCUT2D eigenvalue weighted by Crippen LogP contribution is 2.26. The molecule has 0 saturated carbocycles. The number of nitrogens with one attached hydrogen (secondary N) is 1. The van der Waals surface area contributed by atoms with Gasteiger partial charge in [0.15, 0.2) is 0 Å². The van der Waals surface area contributed by atoms with E-state index in [1.165, 1.54) is 0 Å². The Morgan fingerprint density at radius 1 is 1.08 bits per heavy atom. The van der Waals surface area contributed by atoms with Gasteiger partial charge in [-0.05, 0) is 25.7 Å². The van der Waals surface area contributed by atoms with Crippen molar-refractivity contribution in [3.63, 3.8) is 0 Å². The predicted octanol–water partition coefficient (Wildman–Crippen LogP) is 1.78. The first kappa shape index (κ1) is 11.9. The zero-order chi connectivity index (χ0) is 9.83. The van der Waals surface area contributed by atoms with Crippen molar-refractivity contribution in [2.24, 2.45) is 5.41 Å². The Bertz CT molecular complexity index is 124. The summed E-state index contributed by atoms with van der Waals surface area (Å²) in [5, 5.41) is 12.0. The number of hydrogen-bond acceptors (Lipinski definition) is 2. The van der Waals surface area contributed by atoms with Crippen molar-refractivity contribution in [1.82, 2.24) is 5.32 Å². The molecule has 0 amide bonds. The maximum absolute atomic E-state index is 8.67. The normalized spacial score (nSPS) is 13.5. The molecule has 2 N–H and O–H groups in total. The van der Waals surface area contributed by atoms with E-state index in [9.17, 15) is 0 Å². The second-order valence-electron chi connectivity index (χ2n) is 5.27. The Morgan fingerprint density at radius 2 is 1.58 bits per heavy atom. The summed E-state index contributed by atoms with van der Waals surface area (Å²) in [6.07, 6.45) is 1.11. The number of β-amino-alcohol motifs (C(OH)–C–C–N with tert-alkyl or cyclic N) is 1. The van der Waals surface area contributed by atoms with E-state index in [0.29, 0.717) is 12.0 Å². The summed E-state index contributed by atoms with van der Waals surface area (Å²) >= 11 is 0. The van der Waals surface area contributed by atoms with E-state index in [1.54, 1.807) is 0 Å². The molecule has 0 aliphatic rings. The molecular weight excluding hydrogens is 150 g/mol. The highest BCUT2D eigenvalue weighted by atomic mass is 16.3. The fourth-order valence-corrected chi connectivity index (χ4v) is 1.78. The van der Waals surface area contributed by atoms with Gasteiger partial charge < -0.3 is 10.4 Å². The maximum Gasteiger partial charge on any atom is 0.0556 e. The molecular formula is C10H23NO. The van der Waals surface area contributed by atoms with E-state index in [0.717, 1.165) is 6.42 Å². The summed E-state index contributed by atoms with van der Waals surface area (Å²) < 4.78 is 0. The molecule has 0 atom stereocenters. The molecule has 0 aliphatic heterocycles. The Kier molecular flexibility index (Phi) is 4.21. The lowest BCUT2D eigenvalue weighted by atomic mass is 9.82. The zero-order valence-corrected chi connectivity index (χ0v) is 9.07. The monoisotopic (exact) mass is 173 g/mol. The number of aliphatic hydroxyl groups is 1. The van der Waals surface area contributed by atoms with Gasteiger partial charge in [0.05, 0.1) is 6.61 Å². The van der Waals surface area contributed by atoms with E-state index in [-0.39, 0.29) is 12.1 Å². The average Bonchev–Trinajstić information content (AvgIpc) is 1.78. The van der Waals surface area contributed by atoms with Crippen molar-refractivity contribution >= 4 is 0 Å². The van der Waals surface area contributed by atoms with Crippen LogP contribution in [0.15, 0.2) is 0 Å². The minimum Gasteiger partial charge on any atom is -0.395 e. The fraction of sp³-hybridized carbons (Fsp3) is 1.00. The van der Waals surface area contributed by atoms with Gasteiger partial charge in [0.1, 0.15) is 0 Å². The number of aliphatic hydroxyl groups excluding tert-OH is 1. The summed E-state index contributed by atoms with van der Waals surface area (Å²) in [6, 6.07) is 0. The van der Waals surface area contributed by atoms with Crippen molar-refractivity contribution in [2.45, 2.75) is 46.6 Å². The summed E-state index contributed by atoms with van der Waals surface area (Å²) in [7, 11) is 0. The topological polar surface area (TPSA) is 32.3 Å². The molecule has 0 aromatic carbocycles. The predicted molar refractivity (Wildman–Crippen MR) is 53.2 cm³/mol. The molecule has 0 radical (unpaired) electrons. The lowest BCUT2D eigenvalue weighted by Crippen LogP contribution is -2.43. The molecule has 2 heteroatoms. The van der Waals surface area contributed by atoms with Crippen LogP contribution in [0.5, 0.6) is 0 Å². The molecule has 0 bridgehead atoms. The Hall–Kier alpha value is -0.0800. The van der Waals surface area contributed by atoms with Gasteiger partial charge in [-0.3, -0.25) is 0 Å². The zero-order valence-electron chi connectivity index (χ0n) is 9.07. The molecule has 0 heterocycles. The first-order chi connectivity index (χ1) is 5.27. The standard InChI is InChI=1S/C10H23NO/c1-9(2,3)8-10(4,5)11-6-7-12/h11-12H,6-8H2,1-5H3. The van der Waals surface area contributed by atoms with Crippen LogP contribution in [-0.2, 0) is 0 Å². The molecule has 0 rings (SSSR count). The van der Waals surface area contributed by atoms with E-state index >= 15 is 0 Å². The molecule has 74 valence electrons. The van der Waals surface area contributed by atoms with Crippen LogP contribution in [0.2, 0.25) is 0 Å². The minimum atomic E-state index is 0.126. The van der Waals surface area contributed by atoms with Crippen molar-refractivity contribution < 1.29 is 5.11 Å². The second kappa shape index (κ2) is 4.24. The van der Waals surface area contributed by atoms with Gasteiger partial charge in [-0.25, -0.2) is 0 Å². The van der Waals surface area contributed by atoms with Gasteiger partial charge in [0.25, 0.3) is 0 Å². The van der Waals surface area contributed by atoms with Crippen molar-refractivity contribution in [1.29, 1.82) is 0 Å². The molecule has 0 saturated heterocycles. The first-order valence-electron chi connectivity index (χ1n) is 4.63. The second-order valence-corrected chi connectivity index (χ2v) is 5.27. The van der Waals surface area contributed by atoms with Crippen molar-refractivity contribution in [3.05, 3.63) is 0 Å². The summed E-state index contributed by atoms with van der Waals surface area (Å²) in [5.41, 5.74) is 0.465. The SMILES string of the molecule is CC(C)(C)CC(C)(C)NCCO. The molecule has 0 aliphatic carbocycles. The van der Waals surface area contributed by atoms with Crippen LogP contribution in [0.4, 0.5) is 0 Å². The molecule has 12 heavy (non-hydrogen) atoms. The third-order valence-electron chi connectivity index (χ3n) is 1.69. The van der Waals surface area contributed by atoms with Crippen LogP contribution in [0.1, 0.15) is 41.0 Å². The summed E-state index contributed by atoms with van der Waals surface area (Å²) in [5.74, 6) is 0. The van der Waals surface area contributed by atoms with E-state index in [4.69, 9.17) is 5.11 Å². The maximum atomic E-state index is 8.67. The van der Waals surface area contributed by atoms with E-state index in [1.807, 2.05) is 0 Å². The quantitative estimate of drug-likeness (QED) is 0.679. The van der Waals surface area contributed by atoms with Gasteiger partial charge in [-0.15, -0.1) is 0 Å². The molecule has 2 nitrogen and oxygen atoms in total. The van der Waals surface area contributed by atoms with Gasteiger partial charge in [-0.1, -0.05) is 20.8 Å². The van der Waals surface area contributed by atoms with E-state index in [2.05, 4.69) is 39.9 Å². The van der Waals surface area contributed by atoms with Gasteiger partial charge in [-0.2, -0.15) is 0 Å². The average molecular weight is 173 g/mol. The summed E-state index contributed by atoms with van der Waals surface area (Å²) in [4.78, 5) is 0. The molecule has 0 spiro atoms. The molecule has 0 aromatic heterocycles. The lowest BCUT2D eigenvalue weighted by Gasteiger charge is -2.33. The van der Waals surface area contributed by atoms with Crippen molar-refractivity contribution in [2.75, 3.05) is 13.2 Å². The van der Waals surface area contributed by atoms with Crippen LogP contribution in [0, 0.1) is 5.41 Å². The Morgan fingerprint density at radius 3 is 1.92 bits per heavy atom. The van der Waals surface area contributed by atoms with Crippen LogP contribution < -0.4 is 5.32 Å². The molecule has 0 fully saturated rings. The number of hydrogen-bond donors (Lipinski definition) is 2. The molecule has 0 aromatic rings. The Labute approximate surface area is 76.4 Å². The van der Waals surface area contributed by atoms with E-state index < -0.39 is 0 Å². The molecule has 0 unspecified atom stereocenters. The smallest absolute Gasteiger partial charge is 0.0556 e. The highest BCUT2D eigenvalue weighted by Gasteiger charge is 2.24. The van der Waals surface area contributed by atoms with Gasteiger partial charge >= 0.3 is 0 Å². The highest BCUT2D eigenvalue weighted by molar-refractivity contribution is 4.82. The largest absolute Gasteiger partial charge is 0.395 e. The third kappa shape index (κ3) is 6.62. The Balaban J connectivity index is 3.86. The van der Waals surface area contributed by atoms with Crippen LogP contribution in [0.3, 0.4) is 0 Å². The first-order valence-corrected chi connectivity index (χ1v) is 4.63. The van der Waals surface area contributed by atoms with Crippen LogP contribution in [0.25, 0.3) is 0 Å². The van der Waals surface area contributed by atoms with Crippen LogP contribution >= 0.6 is 0 Å². The minimum absolute atomic E-state index is 0.126. The fourth-order valence-electron chi connectivity index (χ4n) is 1.78. The summed E-state index contributed by atoms with van der Waals surface area (Å²) in [6.45, 7) is 11.9. The van der Waals surface area contributed by atoms with Gasteiger partial charge in [0, 0.05) is 12.1 Å². The van der Waals surface area contributed by atoms with Crippen molar-refractivity contribution in [3.8, 4) is 0 Å². The lowest BCUT2D eigenvalue weighted by molar-refractivity contribution is 0.216. The number of rotatable bonds is 4. The third-order valence-corrected chi connectivity index (χ3v) is 1.69. The van der Waals surface area contributed by atoms with Gasteiger partial charge in [0.2, 0.25) is 0 Å².